The maximum absolute atomic E-state index is 4.78. The molecule has 1 aromatic heterocycles. The van der Waals surface area contributed by atoms with E-state index in [0.717, 1.165) is 16.9 Å². The summed E-state index contributed by atoms with van der Waals surface area (Å²) in [6.07, 6.45) is 12.3. The van der Waals surface area contributed by atoms with Gasteiger partial charge in [0.05, 0.1) is 34.8 Å². The number of H-pyrrole nitrogens is 1. The molecule has 0 saturated carbocycles. The van der Waals surface area contributed by atoms with Crippen LogP contribution in [-0.4, -0.2) is 28.5 Å². The van der Waals surface area contributed by atoms with Crippen LogP contribution >= 0.6 is 7.26 Å². The van der Waals surface area contributed by atoms with Crippen LogP contribution in [0.4, 0.5) is 0 Å². The van der Waals surface area contributed by atoms with Gasteiger partial charge in [-0.15, -0.1) is 0 Å². The second kappa shape index (κ2) is 11.9. The van der Waals surface area contributed by atoms with Crippen LogP contribution in [0.5, 0.6) is 0 Å². The molecule has 3 aromatic rings. The Kier molecular flexibility index (Phi) is 9.86. The molecule has 0 spiro atoms. The van der Waals surface area contributed by atoms with E-state index >= 15 is 0 Å². The summed E-state index contributed by atoms with van der Waals surface area (Å²) in [6.45, 7) is 7.00. The molecule has 0 aliphatic heterocycles. The predicted octanol–water partition coefficient (Wildman–Crippen LogP) is 4.28. The number of fused-ring (bicyclic) bond motifs is 1. The average molecular weight is 475 g/mol. The van der Waals surface area contributed by atoms with E-state index in [-0.39, 0.29) is 17.0 Å². The summed E-state index contributed by atoms with van der Waals surface area (Å²) < 4.78 is 0. The Balaban J connectivity index is 0.00000300. The SMILES string of the molecule is CCCC[P+](CCCC)(CCCC)c1ccc(-c2nc3ccccc3[nH]2)cc1.[Br-]. The van der Waals surface area contributed by atoms with Crippen molar-refractivity contribution in [2.45, 2.75) is 59.3 Å². The van der Waals surface area contributed by atoms with Gasteiger partial charge in [0.2, 0.25) is 0 Å². The Morgan fingerprint density at radius 3 is 1.83 bits per heavy atom. The highest BCUT2D eigenvalue weighted by Gasteiger charge is 2.38. The van der Waals surface area contributed by atoms with Gasteiger partial charge in [-0.25, -0.2) is 4.98 Å². The molecule has 0 radical (unpaired) electrons. The minimum atomic E-state index is -1.07. The first-order chi connectivity index (χ1) is 13.7. The number of para-hydroxylation sites is 2. The van der Waals surface area contributed by atoms with Gasteiger partial charge in [-0.3, -0.25) is 0 Å². The molecule has 0 atom stereocenters. The lowest BCUT2D eigenvalue weighted by molar-refractivity contribution is -0.00000603. The van der Waals surface area contributed by atoms with Gasteiger partial charge in [0, 0.05) is 12.8 Å². The molecule has 158 valence electrons. The number of unbranched alkanes of at least 4 members (excludes halogenated alkanes) is 3. The zero-order valence-corrected chi connectivity index (χ0v) is 20.7. The zero-order chi connectivity index (χ0) is 19.8. The molecule has 0 aliphatic rings. The first-order valence-electron chi connectivity index (χ1n) is 11.1. The van der Waals surface area contributed by atoms with E-state index in [1.54, 1.807) is 5.30 Å². The van der Waals surface area contributed by atoms with Gasteiger partial charge in [-0.05, 0) is 55.7 Å². The molecule has 2 nitrogen and oxygen atoms in total. The van der Waals surface area contributed by atoms with Crippen molar-refractivity contribution in [2.24, 2.45) is 0 Å². The first kappa shape index (κ1) is 24.1. The largest absolute Gasteiger partial charge is 1.00 e. The van der Waals surface area contributed by atoms with Gasteiger partial charge < -0.3 is 22.0 Å². The van der Waals surface area contributed by atoms with E-state index in [1.165, 1.54) is 62.6 Å². The van der Waals surface area contributed by atoms with Crippen molar-refractivity contribution < 1.29 is 17.0 Å². The molecule has 1 heterocycles. The summed E-state index contributed by atoms with van der Waals surface area (Å²) in [5.41, 5.74) is 3.34. The molecule has 0 unspecified atom stereocenters. The van der Waals surface area contributed by atoms with E-state index in [9.17, 15) is 0 Å². The van der Waals surface area contributed by atoms with Crippen LogP contribution in [0.2, 0.25) is 0 Å². The number of hydrogen-bond donors (Lipinski definition) is 1. The first-order valence-corrected chi connectivity index (χ1v) is 13.5. The number of hydrogen-bond acceptors (Lipinski definition) is 1. The second-order valence-corrected chi connectivity index (χ2v) is 12.2. The Morgan fingerprint density at radius 1 is 0.759 bits per heavy atom. The van der Waals surface area contributed by atoms with Crippen molar-refractivity contribution in [3.63, 3.8) is 0 Å². The molecule has 0 amide bonds. The maximum Gasteiger partial charge on any atom is 0.138 e. The van der Waals surface area contributed by atoms with Gasteiger partial charge in [0.25, 0.3) is 0 Å². The minimum Gasteiger partial charge on any atom is -1.00 e. The fraction of sp³-hybridized carbons (Fsp3) is 0.480. The van der Waals surface area contributed by atoms with Gasteiger partial charge in [0.15, 0.2) is 0 Å². The molecular weight excluding hydrogens is 439 g/mol. The third-order valence-electron chi connectivity index (χ3n) is 5.90. The average Bonchev–Trinajstić information content (AvgIpc) is 3.18. The number of rotatable bonds is 11. The normalized spacial score (nSPS) is 11.6. The highest BCUT2D eigenvalue weighted by atomic mass is 79.9. The van der Waals surface area contributed by atoms with E-state index in [1.807, 2.05) is 6.07 Å². The zero-order valence-electron chi connectivity index (χ0n) is 18.3. The number of halogens is 1. The highest BCUT2D eigenvalue weighted by Crippen LogP contribution is 2.59. The van der Waals surface area contributed by atoms with Crippen molar-refractivity contribution in [1.82, 2.24) is 9.97 Å². The van der Waals surface area contributed by atoms with Crippen LogP contribution in [-0.2, 0) is 0 Å². The van der Waals surface area contributed by atoms with Crippen LogP contribution in [0.25, 0.3) is 22.4 Å². The van der Waals surface area contributed by atoms with Gasteiger partial charge in [-0.2, -0.15) is 0 Å². The molecule has 0 fully saturated rings. The minimum absolute atomic E-state index is 0. The third kappa shape index (κ3) is 5.92. The van der Waals surface area contributed by atoms with E-state index in [0.29, 0.717) is 0 Å². The Morgan fingerprint density at radius 2 is 1.31 bits per heavy atom. The van der Waals surface area contributed by atoms with Crippen molar-refractivity contribution in [1.29, 1.82) is 0 Å². The van der Waals surface area contributed by atoms with Crippen molar-refractivity contribution in [2.75, 3.05) is 18.5 Å². The predicted molar refractivity (Wildman–Crippen MR) is 127 cm³/mol. The van der Waals surface area contributed by atoms with Gasteiger partial charge in [0.1, 0.15) is 5.82 Å². The topological polar surface area (TPSA) is 28.7 Å². The molecule has 1 N–H and O–H groups in total. The highest BCUT2D eigenvalue weighted by molar-refractivity contribution is 7.82. The van der Waals surface area contributed by atoms with Crippen LogP contribution in [0.1, 0.15) is 59.3 Å². The number of aromatic amines is 1. The van der Waals surface area contributed by atoms with Crippen LogP contribution in [0.15, 0.2) is 48.5 Å². The summed E-state index contributed by atoms with van der Waals surface area (Å²) in [7, 11) is -1.07. The molecule has 2 aromatic carbocycles. The van der Waals surface area contributed by atoms with Crippen molar-refractivity contribution in [3.05, 3.63) is 48.5 Å². The lowest BCUT2D eigenvalue weighted by Crippen LogP contribution is -3.00. The molecule has 0 saturated heterocycles. The molecule has 4 heteroatoms. The molecule has 3 rings (SSSR count). The van der Waals surface area contributed by atoms with E-state index < -0.39 is 7.26 Å². The fourth-order valence-corrected chi connectivity index (χ4v) is 9.12. The second-order valence-electron chi connectivity index (χ2n) is 8.03. The van der Waals surface area contributed by atoms with E-state index in [4.69, 9.17) is 4.98 Å². The monoisotopic (exact) mass is 474 g/mol. The maximum atomic E-state index is 4.78. The van der Waals surface area contributed by atoms with Gasteiger partial charge >= 0.3 is 0 Å². The summed E-state index contributed by atoms with van der Waals surface area (Å²) in [5, 5.41) is 1.64. The lowest BCUT2D eigenvalue weighted by atomic mass is 10.2. The number of nitrogens with one attached hydrogen (secondary N) is 1. The number of benzene rings is 2. The van der Waals surface area contributed by atoms with Crippen LogP contribution in [0.3, 0.4) is 0 Å². The Bertz CT molecular complexity index is 802. The van der Waals surface area contributed by atoms with Gasteiger partial charge in [-0.1, -0.05) is 52.2 Å². The third-order valence-corrected chi connectivity index (χ3v) is 10.8. The molecule has 0 aliphatic carbocycles. The smallest absolute Gasteiger partial charge is 0.138 e. The summed E-state index contributed by atoms with van der Waals surface area (Å²) in [5.74, 6) is 0.979. The molecule has 0 bridgehead atoms. The molecule has 29 heavy (non-hydrogen) atoms. The molecular formula is C25H36BrN2P. The number of imidazole rings is 1. The standard InChI is InChI=1S/C25H36N2P.BrH/c1-4-7-18-28(19-8-5-2,20-9-6-3)22-16-14-21(15-17-22)25-26-23-12-10-11-13-24(23)27-25;/h10-17H,4-9,18-20H2,1-3H3,(H,26,27);1H/q+1;/p-1. The van der Waals surface area contributed by atoms with Crippen molar-refractivity contribution >= 4 is 23.6 Å². The number of nitrogens with zero attached hydrogens (tertiary/aromatic N) is 1. The van der Waals surface area contributed by atoms with E-state index in [2.05, 4.69) is 68.2 Å². The van der Waals surface area contributed by atoms with Crippen LogP contribution < -0.4 is 22.3 Å². The Labute approximate surface area is 188 Å². The summed E-state index contributed by atoms with van der Waals surface area (Å²) >= 11 is 0. The Hall–Kier alpha value is -1.18. The summed E-state index contributed by atoms with van der Waals surface area (Å²) in [4.78, 5) is 8.25. The van der Waals surface area contributed by atoms with Crippen LogP contribution in [0, 0.1) is 0 Å². The lowest BCUT2D eigenvalue weighted by Gasteiger charge is -2.28. The fourth-order valence-electron chi connectivity index (χ4n) is 4.13. The number of aromatic nitrogens is 2. The quantitative estimate of drug-likeness (QED) is 0.412. The van der Waals surface area contributed by atoms with Crippen molar-refractivity contribution in [3.8, 4) is 11.4 Å². The summed E-state index contributed by atoms with van der Waals surface area (Å²) in [6, 6.07) is 17.7.